The third-order valence-electron chi connectivity index (χ3n) is 6.91. The van der Waals surface area contributed by atoms with Crippen molar-refractivity contribution >= 4 is 29.9 Å². The van der Waals surface area contributed by atoms with E-state index in [4.69, 9.17) is 18.9 Å². The normalized spacial score (nSPS) is 12.2. The molecule has 0 radical (unpaired) electrons. The summed E-state index contributed by atoms with van der Waals surface area (Å²) in [6.45, 7) is 1.07. The highest BCUT2D eigenvalue weighted by Gasteiger charge is 2.21. The van der Waals surface area contributed by atoms with Crippen molar-refractivity contribution in [1.29, 1.82) is 0 Å². The molecule has 1 aliphatic heterocycles. The van der Waals surface area contributed by atoms with E-state index in [1.807, 2.05) is 42.5 Å². The number of amides is 1. The zero-order chi connectivity index (χ0) is 32.5. The molecule has 1 atom stereocenters. The monoisotopic (exact) mass is 629 g/mol. The van der Waals surface area contributed by atoms with Gasteiger partial charge in [-0.2, -0.15) is 15.0 Å². The van der Waals surface area contributed by atoms with Crippen LogP contribution in [0.2, 0.25) is 0 Å². The van der Waals surface area contributed by atoms with E-state index in [0.29, 0.717) is 42.3 Å². The number of carboxylic acid groups (broad SMARTS) is 1. The van der Waals surface area contributed by atoms with Crippen molar-refractivity contribution in [3.05, 3.63) is 83.4 Å². The lowest BCUT2D eigenvalue weighted by atomic mass is 10.1. The molecule has 2 heterocycles. The number of hydrogen-bond donors (Lipinski definition) is 4. The second-order valence-corrected chi connectivity index (χ2v) is 10.5. The lowest BCUT2D eigenvalue weighted by Gasteiger charge is -2.17. The number of ether oxygens (including phenoxy) is 4. The second-order valence-electron chi connectivity index (χ2n) is 10.5. The molecule has 4 aromatic rings. The topological polar surface area (TPSA) is 169 Å². The minimum atomic E-state index is -1.09. The highest BCUT2D eigenvalue weighted by atomic mass is 16.7. The first-order chi connectivity index (χ1) is 22.2. The molecule has 46 heavy (non-hydrogen) atoms. The summed E-state index contributed by atoms with van der Waals surface area (Å²) in [4.78, 5) is 38.8. The van der Waals surface area contributed by atoms with Gasteiger partial charge in [0.2, 0.25) is 24.6 Å². The fourth-order valence-electron chi connectivity index (χ4n) is 4.42. The van der Waals surface area contributed by atoms with Crippen molar-refractivity contribution in [1.82, 2.24) is 19.9 Å². The van der Waals surface area contributed by atoms with Crippen LogP contribution in [0.5, 0.6) is 23.0 Å². The average Bonchev–Trinajstić information content (AvgIpc) is 3.53. The van der Waals surface area contributed by atoms with E-state index in [0.717, 1.165) is 16.9 Å². The lowest BCUT2D eigenvalue weighted by molar-refractivity contribution is -0.137. The van der Waals surface area contributed by atoms with Crippen LogP contribution in [0.3, 0.4) is 0 Å². The summed E-state index contributed by atoms with van der Waals surface area (Å²) in [5, 5.41) is 19.4. The van der Waals surface area contributed by atoms with Gasteiger partial charge in [0.15, 0.2) is 11.5 Å². The number of hydrogen-bond acceptors (Lipinski definition) is 12. The third-order valence-corrected chi connectivity index (χ3v) is 6.91. The van der Waals surface area contributed by atoms with Crippen LogP contribution < -0.4 is 34.9 Å². The van der Waals surface area contributed by atoms with Crippen LogP contribution in [0.25, 0.3) is 0 Å². The van der Waals surface area contributed by atoms with Gasteiger partial charge in [-0.15, -0.1) is 0 Å². The van der Waals surface area contributed by atoms with Gasteiger partial charge < -0.3 is 44.9 Å². The number of aliphatic carboxylic acids is 1. The number of methoxy groups -OCH3 is 1. The molecule has 4 N–H and O–H groups in total. The first kappa shape index (κ1) is 31.6. The molecular weight excluding hydrogens is 594 g/mol. The first-order valence-electron chi connectivity index (χ1n) is 14.5. The first-order valence-corrected chi connectivity index (χ1v) is 14.5. The highest BCUT2D eigenvalue weighted by molar-refractivity contribution is 5.77. The summed E-state index contributed by atoms with van der Waals surface area (Å²) < 4.78 is 21.3. The van der Waals surface area contributed by atoms with Crippen LogP contribution >= 0.6 is 0 Å². The number of carboxylic acids is 1. The molecule has 14 heteroatoms. The lowest BCUT2D eigenvalue weighted by Crippen LogP contribution is -2.32. The van der Waals surface area contributed by atoms with Gasteiger partial charge in [0, 0.05) is 33.6 Å². The molecular formula is C32H35N7O7. The third kappa shape index (κ3) is 8.65. The van der Waals surface area contributed by atoms with Crippen LogP contribution in [0, 0.1) is 0 Å². The number of anilines is 3. The predicted octanol–water partition coefficient (Wildman–Crippen LogP) is 4.04. The van der Waals surface area contributed by atoms with Crippen molar-refractivity contribution < 1.29 is 33.6 Å². The molecule has 0 bridgehead atoms. The Bertz CT molecular complexity index is 1650. The Morgan fingerprint density at radius 2 is 1.48 bits per heavy atom. The fraction of sp³-hybridized carbons (Fsp3) is 0.281. The summed E-state index contributed by atoms with van der Waals surface area (Å²) in [6.07, 6.45) is 0.295. The van der Waals surface area contributed by atoms with E-state index >= 15 is 0 Å². The molecule has 5 rings (SSSR count). The van der Waals surface area contributed by atoms with Crippen LogP contribution in [-0.2, 0) is 24.2 Å². The standard InChI is InChI=1S/C32H35N7O7/c1-39(2)32(42)46-24-11-6-21(7-12-24)16-25(28(40)41)35-31-37-29(33-15-14-20-4-9-23(43-3)10-5-20)36-30(38-31)34-18-22-8-13-26-27(17-22)45-19-44-26/h4-13,17,25H,14-16,18-19H2,1-3H3,(H,40,41)(H3,33,34,35,36,37,38)/t25-/m0/s1. The summed E-state index contributed by atoms with van der Waals surface area (Å²) in [5.74, 6) is 1.98. The Kier molecular flexibility index (Phi) is 10.2. The molecule has 14 nitrogen and oxygen atoms in total. The summed E-state index contributed by atoms with van der Waals surface area (Å²) in [6, 6.07) is 18.9. The van der Waals surface area contributed by atoms with Gasteiger partial charge in [0.25, 0.3) is 0 Å². The number of aromatic nitrogens is 3. The number of nitrogens with zero attached hydrogens (tertiary/aromatic N) is 4. The van der Waals surface area contributed by atoms with Gasteiger partial charge >= 0.3 is 12.1 Å². The van der Waals surface area contributed by atoms with E-state index in [2.05, 4.69) is 30.9 Å². The second kappa shape index (κ2) is 14.8. The van der Waals surface area contributed by atoms with Gasteiger partial charge in [0.05, 0.1) is 7.11 Å². The van der Waals surface area contributed by atoms with Crippen LogP contribution in [0.15, 0.2) is 66.7 Å². The largest absolute Gasteiger partial charge is 0.497 e. The van der Waals surface area contributed by atoms with E-state index in [9.17, 15) is 14.7 Å². The van der Waals surface area contributed by atoms with Crippen LogP contribution in [-0.4, -0.2) is 77.6 Å². The Balaban J connectivity index is 1.29. The quantitative estimate of drug-likeness (QED) is 0.158. The Morgan fingerprint density at radius 3 is 2.17 bits per heavy atom. The molecule has 1 aliphatic rings. The number of rotatable bonds is 14. The molecule has 0 saturated heterocycles. The van der Waals surface area contributed by atoms with E-state index < -0.39 is 18.1 Å². The molecule has 0 unspecified atom stereocenters. The summed E-state index contributed by atoms with van der Waals surface area (Å²) in [7, 11) is 4.79. The van der Waals surface area contributed by atoms with Gasteiger partial charge in [-0.3, -0.25) is 0 Å². The van der Waals surface area contributed by atoms with Crippen LogP contribution in [0.1, 0.15) is 16.7 Å². The minimum absolute atomic E-state index is 0.0825. The zero-order valence-electron chi connectivity index (χ0n) is 25.6. The molecule has 1 amide bonds. The Morgan fingerprint density at radius 1 is 0.848 bits per heavy atom. The molecule has 0 fully saturated rings. The Hall–Kier alpha value is -5.79. The number of fused-ring (bicyclic) bond motifs is 1. The molecule has 0 spiro atoms. The minimum Gasteiger partial charge on any atom is -0.497 e. The predicted molar refractivity (Wildman–Crippen MR) is 170 cm³/mol. The molecule has 0 aliphatic carbocycles. The molecule has 1 aromatic heterocycles. The average molecular weight is 630 g/mol. The number of benzene rings is 3. The van der Waals surface area contributed by atoms with Crippen molar-refractivity contribution in [2.45, 2.75) is 25.4 Å². The van der Waals surface area contributed by atoms with Gasteiger partial charge in [0.1, 0.15) is 17.5 Å². The maximum Gasteiger partial charge on any atom is 0.414 e. The van der Waals surface area contributed by atoms with Crippen molar-refractivity contribution in [3.8, 4) is 23.0 Å². The Labute approximate surface area is 265 Å². The summed E-state index contributed by atoms with van der Waals surface area (Å²) >= 11 is 0. The van der Waals surface area contributed by atoms with E-state index in [1.54, 1.807) is 45.5 Å². The van der Waals surface area contributed by atoms with E-state index in [-0.39, 0.29) is 31.1 Å². The van der Waals surface area contributed by atoms with Gasteiger partial charge in [-0.1, -0.05) is 30.3 Å². The van der Waals surface area contributed by atoms with Crippen molar-refractivity contribution in [3.63, 3.8) is 0 Å². The van der Waals surface area contributed by atoms with E-state index in [1.165, 1.54) is 4.90 Å². The van der Waals surface area contributed by atoms with Crippen LogP contribution in [0.4, 0.5) is 22.6 Å². The number of nitrogens with one attached hydrogen (secondary N) is 3. The van der Waals surface area contributed by atoms with Crippen molar-refractivity contribution in [2.75, 3.05) is 50.5 Å². The molecule has 3 aromatic carbocycles. The maximum absolute atomic E-state index is 12.3. The van der Waals surface area contributed by atoms with Crippen molar-refractivity contribution in [2.24, 2.45) is 0 Å². The highest BCUT2D eigenvalue weighted by Crippen LogP contribution is 2.32. The maximum atomic E-state index is 12.3. The van der Waals surface area contributed by atoms with Gasteiger partial charge in [-0.25, -0.2) is 9.59 Å². The van der Waals surface area contributed by atoms with Gasteiger partial charge in [-0.05, 0) is 59.5 Å². The molecule has 0 saturated carbocycles. The fourth-order valence-corrected chi connectivity index (χ4v) is 4.42. The number of carbonyl (C=O) groups excluding carboxylic acids is 1. The number of carbonyl (C=O) groups is 2. The SMILES string of the molecule is COc1ccc(CCNc2nc(NCc3ccc4c(c3)OCO4)nc(N[C@@H](Cc3ccc(OC(=O)N(C)C)cc3)C(=O)O)n2)cc1. The smallest absolute Gasteiger partial charge is 0.414 e. The molecule has 240 valence electrons. The zero-order valence-corrected chi connectivity index (χ0v) is 25.6. The summed E-state index contributed by atoms with van der Waals surface area (Å²) in [5.41, 5.74) is 2.71.